The summed E-state index contributed by atoms with van der Waals surface area (Å²) in [6.07, 6.45) is 0. The SMILES string of the molecule is COc1cc(-c2ccccc2-c2ccccc2)c2cc(C(=O)N3CCN(C4COC4)CC3)ccc2n1. The molecule has 0 aliphatic carbocycles. The number of carbonyl (C=O) groups excluding carboxylic acids is 1. The lowest BCUT2D eigenvalue weighted by Gasteiger charge is -2.42. The van der Waals surface area contributed by atoms with Crippen LogP contribution in [0.15, 0.2) is 78.9 Å². The molecule has 2 saturated heterocycles. The largest absolute Gasteiger partial charge is 0.481 e. The average molecular weight is 480 g/mol. The molecule has 0 atom stereocenters. The molecular formula is C30H29N3O3. The summed E-state index contributed by atoms with van der Waals surface area (Å²) in [5, 5.41) is 0.940. The molecule has 0 saturated carbocycles. The van der Waals surface area contributed by atoms with Gasteiger partial charge >= 0.3 is 0 Å². The highest BCUT2D eigenvalue weighted by molar-refractivity contribution is 6.04. The Hall–Kier alpha value is -3.74. The fourth-order valence-corrected chi connectivity index (χ4v) is 5.16. The van der Waals surface area contributed by atoms with Crippen LogP contribution in [-0.4, -0.2) is 73.2 Å². The molecule has 1 amide bonds. The minimum atomic E-state index is 0.0690. The third-order valence-corrected chi connectivity index (χ3v) is 7.28. The quantitative estimate of drug-likeness (QED) is 0.414. The van der Waals surface area contributed by atoms with E-state index in [2.05, 4.69) is 40.2 Å². The maximum Gasteiger partial charge on any atom is 0.253 e. The Morgan fingerprint density at radius 2 is 1.58 bits per heavy atom. The Morgan fingerprint density at radius 1 is 0.861 bits per heavy atom. The van der Waals surface area contributed by atoms with E-state index in [9.17, 15) is 4.79 Å². The van der Waals surface area contributed by atoms with E-state index in [0.29, 0.717) is 17.5 Å². The molecule has 6 heteroatoms. The van der Waals surface area contributed by atoms with Gasteiger partial charge in [-0.3, -0.25) is 9.69 Å². The fourth-order valence-electron chi connectivity index (χ4n) is 5.16. The number of amides is 1. The number of nitrogens with zero attached hydrogens (tertiary/aromatic N) is 3. The molecule has 0 spiro atoms. The Bertz CT molecular complexity index is 1390. The molecule has 3 aromatic carbocycles. The van der Waals surface area contributed by atoms with Crippen molar-refractivity contribution < 1.29 is 14.3 Å². The first-order chi connectivity index (χ1) is 17.7. The summed E-state index contributed by atoms with van der Waals surface area (Å²) < 4.78 is 10.9. The normalized spacial score (nSPS) is 16.6. The monoisotopic (exact) mass is 479 g/mol. The highest BCUT2D eigenvalue weighted by Gasteiger charge is 2.30. The summed E-state index contributed by atoms with van der Waals surface area (Å²) in [5.41, 5.74) is 5.84. The van der Waals surface area contributed by atoms with Crippen LogP contribution >= 0.6 is 0 Å². The molecule has 6 rings (SSSR count). The molecular weight excluding hydrogens is 450 g/mol. The van der Waals surface area contributed by atoms with Crippen molar-refractivity contribution in [3.8, 4) is 28.1 Å². The van der Waals surface area contributed by atoms with E-state index in [1.807, 2.05) is 53.4 Å². The lowest BCUT2D eigenvalue weighted by Crippen LogP contribution is -2.57. The second kappa shape index (κ2) is 9.72. The number of fused-ring (bicyclic) bond motifs is 1. The summed E-state index contributed by atoms with van der Waals surface area (Å²) in [7, 11) is 1.63. The third-order valence-electron chi connectivity index (χ3n) is 7.28. The molecule has 36 heavy (non-hydrogen) atoms. The van der Waals surface area contributed by atoms with E-state index in [0.717, 1.165) is 72.5 Å². The zero-order valence-electron chi connectivity index (χ0n) is 20.4. The first kappa shape index (κ1) is 22.7. The highest BCUT2D eigenvalue weighted by atomic mass is 16.5. The van der Waals surface area contributed by atoms with Gasteiger partial charge in [0.15, 0.2) is 0 Å². The number of hydrogen-bond donors (Lipinski definition) is 0. The Morgan fingerprint density at radius 3 is 2.28 bits per heavy atom. The van der Waals surface area contributed by atoms with Gasteiger partial charge in [0.2, 0.25) is 5.88 Å². The van der Waals surface area contributed by atoms with E-state index in [-0.39, 0.29) is 5.91 Å². The molecule has 4 aromatic rings. The van der Waals surface area contributed by atoms with Crippen molar-refractivity contribution in [2.45, 2.75) is 6.04 Å². The van der Waals surface area contributed by atoms with Crippen LogP contribution in [0.25, 0.3) is 33.2 Å². The van der Waals surface area contributed by atoms with Crippen molar-refractivity contribution >= 4 is 16.8 Å². The van der Waals surface area contributed by atoms with E-state index in [1.165, 1.54) is 0 Å². The maximum atomic E-state index is 13.5. The van der Waals surface area contributed by atoms with Gasteiger partial charge in [-0.05, 0) is 40.5 Å². The zero-order chi connectivity index (χ0) is 24.5. The van der Waals surface area contributed by atoms with Gasteiger partial charge < -0.3 is 14.4 Å². The van der Waals surface area contributed by atoms with Crippen LogP contribution in [0, 0.1) is 0 Å². The topological polar surface area (TPSA) is 54.9 Å². The molecule has 3 heterocycles. The number of piperazine rings is 1. The Kier molecular flexibility index (Phi) is 6.13. The van der Waals surface area contributed by atoms with E-state index in [1.54, 1.807) is 7.11 Å². The molecule has 0 bridgehead atoms. The number of benzene rings is 3. The molecule has 6 nitrogen and oxygen atoms in total. The van der Waals surface area contributed by atoms with Gasteiger partial charge in [-0.25, -0.2) is 4.98 Å². The van der Waals surface area contributed by atoms with Crippen LogP contribution in [-0.2, 0) is 4.74 Å². The molecule has 2 aliphatic rings. The zero-order valence-corrected chi connectivity index (χ0v) is 20.4. The van der Waals surface area contributed by atoms with Crippen molar-refractivity contribution in [2.24, 2.45) is 0 Å². The first-order valence-electron chi connectivity index (χ1n) is 12.5. The molecule has 2 aliphatic heterocycles. The van der Waals surface area contributed by atoms with Crippen LogP contribution in [0.3, 0.4) is 0 Å². The van der Waals surface area contributed by atoms with Crippen LogP contribution < -0.4 is 4.74 Å². The van der Waals surface area contributed by atoms with Gasteiger partial charge in [0, 0.05) is 43.2 Å². The predicted octanol–water partition coefficient (Wildman–Crippen LogP) is 4.73. The van der Waals surface area contributed by atoms with Crippen LogP contribution in [0.1, 0.15) is 10.4 Å². The summed E-state index contributed by atoms with van der Waals surface area (Å²) >= 11 is 0. The predicted molar refractivity (Wildman–Crippen MR) is 141 cm³/mol. The standard InChI is InChI=1S/C30H29N3O3/c1-35-29-18-26(25-10-6-5-9-24(25)21-7-3-2-4-8-21)27-17-22(11-12-28(27)31-29)30(34)33-15-13-32(14-16-33)23-19-36-20-23/h2-12,17-18,23H,13-16,19-20H2,1H3. The number of pyridine rings is 1. The summed E-state index contributed by atoms with van der Waals surface area (Å²) in [5.74, 6) is 0.620. The number of rotatable bonds is 5. The number of ether oxygens (including phenoxy) is 2. The van der Waals surface area contributed by atoms with Crippen LogP contribution in [0.4, 0.5) is 0 Å². The number of carbonyl (C=O) groups is 1. The van der Waals surface area contributed by atoms with Gasteiger partial charge in [0.25, 0.3) is 5.91 Å². The lowest BCUT2D eigenvalue weighted by atomic mass is 9.92. The summed E-state index contributed by atoms with van der Waals surface area (Å²) in [4.78, 5) is 22.6. The maximum absolute atomic E-state index is 13.5. The van der Waals surface area contributed by atoms with Crippen molar-refractivity contribution in [3.63, 3.8) is 0 Å². The molecule has 182 valence electrons. The lowest BCUT2D eigenvalue weighted by molar-refractivity contribution is -0.0746. The summed E-state index contributed by atoms with van der Waals surface area (Å²) in [6, 6.07) is 27.0. The van der Waals surface area contributed by atoms with Crippen LogP contribution in [0.2, 0.25) is 0 Å². The third kappa shape index (κ3) is 4.23. The molecule has 2 fully saturated rings. The molecule has 0 unspecified atom stereocenters. The number of methoxy groups -OCH3 is 1. The first-order valence-corrected chi connectivity index (χ1v) is 12.5. The second-order valence-corrected chi connectivity index (χ2v) is 9.38. The van der Waals surface area contributed by atoms with Crippen molar-refractivity contribution in [1.82, 2.24) is 14.8 Å². The van der Waals surface area contributed by atoms with E-state index >= 15 is 0 Å². The van der Waals surface area contributed by atoms with Crippen molar-refractivity contribution in [2.75, 3.05) is 46.5 Å². The Labute approximate surface area is 211 Å². The second-order valence-electron chi connectivity index (χ2n) is 9.38. The van der Waals surface area contributed by atoms with Gasteiger partial charge in [-0.15, -0.1) is 0 Å². The summed E-state index contributed by atoms with van der Waals surface area (Å²) in [6.45, 7) is 4.87. The smallest absolute Gasteiger partial charge is 0.253 e. The van der Waals surface area contributed by atoms with Gasteiger partial charge in [0.1, 0.15) is 0 Å². The van der Waals surface area contributed by atoms with Crippen LogP contribution in [0.5, 0.6) is 5.88 Å². The van der Waals surface area contributed by atoms with Crippen molar-refractivity contribution in [3.05, 3.63) is 84.4 Å². The molecule has 0 radical (unpaired) electrons. The fraction of sp³-hybridized carbons (Fsp3) is 0.267. The minimum Gasteiger partial charge on any atom is -0.481 e. The Balaban J connectivity index is 1.38. The highest BCUT2D eigenvalue weighted by Crippen LogP contribution is 2.38. The number of hydrogen-bond acceptors (Lipinski definition) is 5. The van der Waals surface area contributed by atoms with E-state index in [4.69, 9.17) is 9.47 Å². The van der Waals surface area contributed by atoms with Crippen molar-refractivity contribution in [1.29, 1.82) is 0 Å². The van der Waals surface area contributed by atoms with Gasteiger partial charge in [-0.2, -0.15) is 0 Å². The van der Waals surface area contributed by atoms with Gasteiger partial charge in [0.05, 0.1) is 31.9 Å². The average Bonchev–Trinajstić information content (AvgIpc) is 2.91. The van der Waals surface area contributed by atoms with E-state index < -0.39 is 0 Å². The molecule has 1 aromatic heterocycles. The molecule has 0 N–H and O–H groups in total. The number of aromatic nitrogens is 1. The minimum absolute atomic E-state index is 0.0690. The van der Waals surface area contributed by atoms with Gasteiger partial charge in [-0.1, -0.05) is 54.6 Å².